The molecule has 0 aliphatic carbocycles. The van der Waals surface area contributed by atoms with Crippen LogP contribution in [0.3, 0.4) is 0 Å². The van der Waals surface area contributed by atoms with Crippen molar-refractivity contribution < 1.29 is 9.63 Å². The fourth-order valence-corrected chi connectivity index (χ4v) is 1.01. The lowest BCUT2D eigenvalue weighted by atomic mass is 10.1. The minimum Gasteiger partial charge on any atom is -0.371 e. The van der Waals surface area contributed by atoms with Gasteiger partial charge >= 0.3 is 5.97 Å². The number of pyridine rings is 1. The second-order valence-electron chi connectivity index (χ2n) is 2.66. The maximum atomic E-state index is 11.1. The molecule has 1 aromatic rings. The van der Waals surface area contributed by atoms with Crippen LogP contribution >= 0.6 is 0 Å². The summed E-state index contributed by atoms with van der Waals surface area (Å²) in [6.07, 6.45) is 3.66. The van der Waals surface area contributed by atoms with E-state index in [4.69, 9.17) is 0 Å². The number of carbonyl (C=O) groups excluding carboxylic acids is 1. The first kappa shape index (κ1) is 9.67. The van der Waals surface area contributed by atoms with Crippen LogP contribution in [0.5, 0.6) is 0 Å². The molecule has 0 aliphatic rings. The van der Waals surface area contributed by atoms with Crippen molar-refractivity contribution in [2.45, 2.75) is 13.3 Å². The van der Waals surface area contributed by atoms with Gasteiger partial charge in [-0.25, -0.2) is 0 Å². The van der Waals surface area contributed by atoms with Gasteiger partial charge in [-0.05, 0) is 24.1 Å². The highest BCUT2D eigenvalue weighted by molar-refractivity contribution is 5.72. The lowest BCUT2D eigenvalue weighted by Crippen LogP contribution is -2.17. The molecule has 1 rings (SSSR count). The number of nitrogens with one attached hydrogen (secondary N) is 1. The average Bonchev–Trinajstić information content (AvgIpc) is 2.09. The molecule has 0 unspecified atom stereocenters. The van der Waals surface area contributed by atoms with E-state index in [1.54, 1.807) is 19.4 Å². The molecule has 70 valence electrons. The van der Waals surface area contributed by atoms with Crippen LogP contribution in [0.4, 0.5) is 0 Å². The summed E-state index contributed by atoms with van der Waals surface area (Å²) in [6.45, 7) is 1.91. The van der Waals surface area contributed by atoms with Crippen LogP contribution in [0.2, 0.25) is 0 Å². The topological polar surface area (TPSA) is 51.2 Å². The van der Waals surface area contributed by atoms with Crippen LogP contribution in [0.15, 0.2) is 18.5 Å². The van der Waals surface area contributed by atoms with Gasteiger partial charge in [0.05, 0.1) is 6.42 Å². The molecule has 4 nitrogen and oxygen atoms in total. The van der Waals surface area contributed by atoms with Gasteiger partial charge in [0.2, 0.25) is 0 Å². The molecule has 0 atom stereocenters. The summed E-state index contributed by atoms with van der Waals surface area (Å²) in [5.41, 5.74) is 4.28. The smallest absolute Gasteiger partial charge is 0.329 e. The molecule has 0 amide bonds. The Morgan fingerprint density at radius 2 is 2.46 bits per heavy atom. The first-order valence-corrected chi connectivity index (χ1v) is 4.00. The van der Waals surface area contributed by atoms with Crippen molar-refractivity contribution in [3.63, 3.8) is 0 Å². The first-order valence-electron chi connectivity index (χ1n) is 4.00. The van der Waals surface area contributed by atoms with E-state index < -0.39 is 0 Å². The number of aromatic nitrogens is 1. The largest absolute Gasteiger partial charge is 0.371 e. The highest BCUT2D eigenvalue weighted by atomic mass is 16.7. The molecule has 0 saturated heterocycles. The Hall–Kier alpha value is -1.42. The summed E-state index contributed by atoms with van der Waals surface area (Å²) in [7, 11) is 1.55. The Bertz CT molecular complexity index is 299. The maximum absolute atomic E-state index is 11.1. The number of nitrogens with zero attached hydrogens (tertiary/aromatic N) is 1. The standard InChI is InChI=1S/C9H12N2O2/c1-7-6-11-4-3-8(7)5-9(12)13-10-2/h3-4,6,10H,5H2,1-2H3. The molecular formula is C9H12N2O2. The first-order chi connectivity index (χ1) is 6.24. The van der Waals surface area contributed by atoms with E-state index in [-0.39, 0.29) is 12.4 Å². The SMILES string of the molecule is CNOC(=O)Cc1ccncc1C. The predicted molar refractivity (Wildman–Crippen MR) is 47.8 cm³/mol. The quantitative estimate of drug-likeness (QED) is 0.692. The van der Waals surface area contributed by atoms with E-state index in [1.165, 1.54) is 0 Å². The summed E-state index contributed by atoms with van der Waals surface area (Å²) in [5, 5.41) is 0. The third kappa shape index (κ3) is 2.83. The molecule has 1 N–H and O–H groups in total. The average molecular weight is 180 g/mol. The van der Waals surface area contributed by atoms with E-state index >= 15 is 0 Å². The van der Waals surface area contributed by atoms with Crippen LogP contribution in [0.25, 0.3) is 0 Å². The Morgan fingerprint density at radius 1 is 1.69 bits per heavy atom. The zero-order valence-electron chi connectivity index (χ0n) is 7.70. The number of carbonyl (C=O) groups is 1. The molecule has 0 bridgehead atoms. The van der Waals surface area contributed by atoms with E-state index in [9.17, 15) is 4.79 Å². The third-order valence-corrected chi connectivity index (χ3v) is 1.69. The van der Waals surface area contributed by atoms with E-state index in [0.29, 0.717) is 0 Å². The van der Waals surface area contributed by atoms with Gasteiger partial charge in [-0.15, -0.1) is 0 Å². The molecular weight excluding hydrogens is 168 g/mol. The van der Waals surface area contributed by atoms with E-state index in [2.05, 4.69) is 15.3 Å². The number of hydrogen-bond donors (Lipinski definition) is 1. The summed E-state index contributed by atoms with van der Waals surface area (Å²) >= 11 is 0. The fourth-order valence-electron chi connectivity index (χ4n) is 1.01. The lowest BCUT2D eigenvalue weighted by Gasteiger charge is -2.03. The van der Waals surface area contributed by atoms with E-state index in [0.717, 1.165) is 11.1 Å². The second-order valence-corrected chi connectivity index (χ2v) is 2.66. The van der Waals surface area contributed by atoms with Crippen LogP contribution in [-0.4, -0.2) is 18.0 Å². The zero-order chi connectivity index (χ0) is 9.68. The number of hydrogen-bond acceptors (Lipinski definition) is 4. The molecule has 0 aliphatic heterocycles. The second kappa shape index (κ2) is 4.57. The summed E-state index contributed by atoms with van der Waals surface area (Å²) < 4.78 is 0. The Labute approximate surface area is 76.9 Å². The Balaban J connectivity index is 2.63. The van der Waals surface area contributed by atoms with Crippen molar-refractivity contribution in [3.8, 4) is 0 Å². The van der Waals surface area contributed by atoms with Gasteiger partial charge < -0.3 is 4.84 Å². The van der Waals surface area contributed by atoms with Crippen LogP contribution < -0.4 is 5.48 Å². The molecule has 0 fully saturated rings. The van der Waals surface area contributed by atoms with Crippen molar-refractivity contribution in [2.24, 2.45) is 0 Å². The summed E-state index contributed by atoms with van der Waals surface area (Å²) in [5.74, 6) is -0.295. The zero-order valence-corrected chi connectivity index (χ0v) is 7.70. The molecule has 0 spiro atoms. The highest BCUT2D eigenvalue weighted by Gasteiger charge is 2.05. The predicted octanol–water partition coefficient (Wildman–Crippen LogP) is 0.610. The molecule has 0 aromatic carbocycles. The molecule has 1 heterocycles. The van der Waals surface area contributed by atoms with Crippen molar-refractivity contribution >= 4 is 5.97 Å². The summed E-state index contributed by atoms with van der Waals surface area (Å²) in [4.78, 5) is 19.6. The van der Waals surface area contributed by atoms with Crippen molar-refractivity contribution in [3.05, 3.63) is 29.6 Å². The van der Waals surface area contributed by atoms with Gasteiger partial charge in [-0.1, -0.05) is 0 Å². The van der Waals surface area contributed by atoms with Gasteiger partial charge in [0.15, 0.2) is 0 Å². The van der Waals surface area contributed by atoms with Crippen LogP contribution in [0, 0.1) is 6.92 Å². The van der Waals surface area contributed by atoms with Crippen molar-refractivity contribution in [1.29, 1.82) is 0 Å². The Kier molecular flexibility index (Phi) is 3.40. The molecule has 0 radical (unpaired) electrons. The van der Waals surface area contributed by atoms with Gasteiger partial charge in [0.25, 0.3) is 0 Å². The Morgan fingerprint density at radius 3 is 3.08 bits per heavy atom. The van der Waals surface area contributed by atoms with Gasteiger partial charge in [-0.2, -0.15) is 5.48 Å². The van der Waals surface area contributed by atoms with Gasteiger partial charge in [0.1, 0.15) is 0 Å². The van der Waals surface area contributed by atoms with E-state index in [1.807, 2.05) is 13.0 Å². The monoisotopic (exact) mass is 180 g/mol. The third-order valence-electron chi connectivity index (χ3n) is 1.69. The van der Waals surface area contributed by atoms with Gasteiger partial charge in [-0.3, -0.25) is 9.78 Å². The minimum atomic E-state index is -0.295. The molecule has 0 saturated carbocycles. The summed E-state index contributed by atoms with van der Waals surface area (Å²) in [6, 6.07) is 1.81. The van der Waals surface area contributed by atoms with Crippen LogP contribution in [0.1, 0.15) is 11.1 Å². The van der Waals surface area contributed by atoms with Crippen LogP contribution in [-0.2, 0) is 16.1 Å². The maximum Gasteiger partial charge on any atom is 0.329 e. The fraction of sp³-hybridized carbons (Fsp3) is 0.333. The van der Waals surface area contributed by atoms with Crippen molar-refractivity contribution in [1.82, 2.24) is 10.5 Å². The minimum absolute atomic E-state index is 0.273. The number of hydroxylamine groups is 1. The number of aryl methyl sites for hydroxylation is 1. The normalized spacial score (nSPS) is 9.69. The highest BCUT2D eigenvalue weighted by Crippen LogP contribution is 2.05. The number of rotatable bonds is 3. The van der Waals surface area contributed by atoms with Crippen molar-refractivity contribution in [2.75, 3.05) is 7.05 Å². The molecule has 13 heavy (non-hydrogen) atoms. The molecule has 1 aromatic heterocycles. The lowest BCUT2D eigenvalue weighted by molar-refractivity contribution is -0.149. The molecule has 4 heteroatoms. The van der Waals surface area contributed by atoms with Gasteiger partial charge in [0, 0.05) is 19.4 Å².